The summed E-state index contributed by atoms with van der Waals surface area (Å²) in [5.74, 6) is 0.0501. The van der Waals surface area contributed by atoms with Crippen molar-refractivity contribution in [1.29, 1.82) is 0 Å². The maximum absolute atomic E-state index is 13.0. The van der Waals surface area contributed by atoms with Crippen LogP contribution in [0.3, 0.4) is 0 Å². The van der Waals surface area contributed by atoms with Gasteiger partial charge in [0.05, 0.1) is 12.7 Å². The second-order valence-electron chi connectivity index (χ2n) is 10.5. The number of hydrogen-bond donors (Lipinski definition) is 1. The zero-order chi connectivity index (χ0) is 26.8. The summed E-state index contributed by atoms with van der Waals surface area (Å²) in [6, 6.07) is 21.8. The lowest BCUT2D eigenvalue weighted by Crippen LogP contribution is -2.39. The molecule has 1 aliphatic carbocycles. The molecule has 3 aromatic rings. The highest BCUT2D eigenvalue weighted by Gasteiger charge is 2.43. The number of carbonyl (C=O) groups is 3. The van der Waals surface area contributed by atoms with Gasteiger partial charge < -0.3 is 15.0 Å². The Labute approximate surface area is 224 Å². The van der Waals surface area contributed by atoms with Gasteiger partial charge in [-0.25, -0.2) is 4.79 Å². The van der Waals surface area contributed by atoms with Crippen molar-refractivity contribution >= 4 is 17.8 Å². The zero-order valence-electron chi connectivity index (χ0n) is 22.2. The van der Waals surface area contributed by atoms with E-state index in [1.54, 1.807) is 6.07 Å². The van der Waals surface area contributed by atoms with Crippen LogP contribution >= 0.6 is 0 Å². The monoisotopic (exact) mass is 510 g/mol. The van der Waals surface area contributed by atoms with Crippen molar-refractivity contribution in [3.63, 3.8) is 0 Å². The second kappa shape index (κ2) is 10.8. The lowest BCUT2D eigenvalue weighted by atomic mass is 9.86. The molecule has 2 amide bonds. The van der Waals surface area contributed by atoms with Crippen LogP contribution in [0.4, 0.5) is 0 Å². The van der Waals surface area contributed by atoms with Crippen molar-refractivity contribution < 1.29 is 19.1 Å². The third-order valence-electron chi connectivity index (χ3n) is 7.72. The maximum Gasteiger partial charge on any atom is 0.337 e. The van der Waals surface area contributed by atoms with Gasteiger partial charge in [-0.15, -0.1) is 0 Å². The number of esters is 1. The Balaban J connectivity index is 1.41. The Bertz CT molecular complexity index is 1370. The minimum Gasteiger partial charge on any atom is -0.465 e. The smallest absolute Gasteiger partial charge is 0.337 e. The average Bonchev–Trinajstić information content (AvgIpc) is 3.76. The molecule has 196 valence electrons. The molecule has 0 bridgehead atoms. The molecule has 1 N–H and O–H groups in total. The fraction of sp³-hybridized carbons (Fsp3) is 0.344. The minimum absolute atomic E-state index is 0.00702. The number of nitrogens with zero attached hydrogens (tertiary/aromatic N) is 1. The topological polar surface area (TPSA) is 75.7 Å². The molecule has 0 spiro atoms. The summed E-state index contributed by atoms with van der Waals surface area (Å²) in [6.45, 7) is 5.42. The number of methoxy groups -OCH3 is 1. The van der Waals surface area contributed by atoms with Gasteiger partial charge in [0.1, 0.15) is 0 Å². The molecule has 2 atom stereocenters. The number of fused-ring (bicyclic) bond motifs is 1. The number of ether oxygens (including phenoxy) is 1. The maximum atomic E-state index is 13.0. The van der Waals surface area contributed by atoms with E-state index in [1.807, 2.05) is 61.2 Å². The SMILES string of the molecule is COC(=O)c1cccc(-c2ccc(CNC(=O)[C@H]3C[C@@H]3c3ccccc3)c3c2CCN(C(=O)C(C)C)C3)c1. The van der Waals surface area contributed by atoms with Crippen molar-refractivity contribution in [1.82, 2.24) is 10.2 Å². The van der Waals surface area contributed by atoms with Gasteiger partial charge >= 0.3 is 5.97 Å². The van der Waals surface area contributed by atoms with Gasteiger partial charge in [0.2, 0.25) is 11.8 Å². The second-order valence-corrected chi connectivity index (χ2v) is 10.5. The van der Waals surface area contributed by atoms with Gasteiger partial charge in [0.25, 0.3) is 0 Å². The highest BCUT2D eigenvalue weighted by Crippen LogP contribution is 2.47. The normalized spacial score (nSPS) is 18.1. The van der Waals surface area contributed by atoms with Gasteiger partial charge in [-0.2, -0.15) is 0 Å². The first-order valence-electron chi connectivity index (χ1n) is 13.3. The van der Waals surface area contributed by atoms with Crippen molar-refractivity contribution in [3.8, 4) is 11.1 Å². The van der Waals surface area contributed by atoms with Gasteiger partial charge in [-0.1, -0.05) is 68.4 Å². The Kier molecular flexibility index (Phi) is 7.32. The van der Waals surface area contributed by atoms with Crippen LogP contribution in [-0.4, -0.2) is 36.3 Å². The van der Waals surface area contributed by atoms with E-state index in [-0.39, 0.29) is 35.5 Å². The standard InChI is InChI=1S/C32H34N2O4/c1-20(2)31(36)34-15-14-26-25(22-10-7-11-23(16-22)32(37)38-3)13-12-24(29(26)19-34)18-33-30(35)28-17-27(28)21-8-5-4-6-9-21/h4-13,16,20,27-28H,14-15,17-19H2,1-3H3,(H,33,35)/t27-,28+/m1/s1. The summed E-state index contributed by atoms with van der Waals surface area (Å²) in [5.41, 5.74) is 6.98. The van der Waals surface area contributed by atoms with E-state index in [2.05, 4.69) is 23.5 Å². The van der Waals surface area contributed by atoms with Crippen molar-refractivity contribution in [3.05, 3.63) is 94.5 Å². The third-order valence-corrected chi connectivity index (χ3v) is 7.72. The van der Waals surface area contributed by atoms with Gasteiger partial charge in [0, 0.05) is 31.5 Å². The van der Waals surface area contributed by atoms with Crippen LogP contribution in [0.15, 0.2) is 66.7 Å². The molecule has 2 aliphatic rings. The summed E-state index contributed by atoms with van der Waals surface area (Å²) in [6.07, 6.45) is 1.59. The van der Waals surface area contributed by atoms with Gasteiger partial charge in [0.15, 0.2) is 0 Å². The number of rotatable bonds is 7. The fourth-order valence-electron chi connectivity index (χ4n) is 5.53. The van der Waals surface area contributed by atoms with Crippen LogP contribution in [-0.2, 0) is 33.8 Å². The Morgan fingerprint density at radius 1 is 1.00 bits per heavy atom. The molecule has 6 nitrogen and oxygen atoms in total. The highest BCUT2D eigenvalue weighted by atomic mass is 16.5. The Hall–Kier alpha value is -3.93. The molecule has 1 fully saturated rings. The van der Waals surface area contributed by atoms with E-state index in [1.165, 1.54) is 18.2 Å². The first-order chi connectivity index (χ1) is 18.4. The van der Waals surface area contributed by atoms with Crippen LogP contribution < -0.4 is 5.32 Å². The van der Waals surface area contributed by atoms with E-state index in [4.69, 9.17) is 4.74 Å². The van der Waals surface area contributed by atoms with E-state index in [9.17, 15) is 14.4 Å². The minimum atomic E-state index is -0.373. The molecule has 38 heavy (non-hydrogen) atoms. The molecule has 0 radical (unpaired) electrons. The highest BCUT2D eigenvalue weighted by molar-refractivity contribution is 5.91. The van der Waals surface area contributed by atoms with Crippen molar-refractivity contribution in [2.75, 3.05) is 13.7 Å². The first kappa shape index (κ1) is 25.7. The quantitative estimate of drug-likeness (QED) is 0.449. The predicted molar refractivity (Wildman–Crippen MR) is 146 cm³/mol. The summed E-state index contributed by atoms with van der Waals surface area (Å²) < 4.78 is 4.91. The summed E-state index contributed by atoms with van der Waals surface area (Å²) >= 11 is 0. The average molecular weight is 511 g/mol. The van der Waals surface area contributed by atoms with Crippen LogP contribution in [0, 0.1) is 11.8 Å². The van der Waals surface area contributed by atoms with Crippen LogP contribution in [0.2, 0.25) is 0 Å². The number of nitrogens with one attached hydrogen (secondary N) is 1. The molecular weight excluding hydrogens is 476 g/mol. The molecule has 1 heterocycles. The molecule has 5 rings (SSSR count). The number of benzene rings is 3. The lowest BCUT2D eigenvalue weighted by molar-refractivity contribution is -0.135. The summed E-state index contributed by atoms with van der Waals surface area (Å²) in [5, 5.41) is 3.16. The first-order valence-corrected chi connectivity index (χ1v) is 13.3. The summed E-state index contributed by atoms with van der Waals surface area (Å²) in [4.78, 5) is 39.9. The Morgan fingerprint density at radius 3 is 2.53 bits per heavy atom. The number of amides is 2. The van der Waals surface area contributed by atoms with Crippen molar-refractivity contribution in [2.45, 2.75) is 45.7 Å². The number of carbonyl (C=O) groups excluding carboxylic acids is 3. The molecular formula is C32H34N2O4. The largest absolute Gasteiger partial charge is 0.465 e. The van der Waals surface area contributed by atoms with Crippen molar-refractivity contribution in [2.24, 2.45) is 11.8 Å². The Morgan fingerprint density at radius 2 is 1.79 bits per heavy atom. The van der Waals surface area contributed by atoms with Crippen LogP contribution in [0.1, 0.15) is 58.8 Å². The van der Waals surface area contributed by atoms with E-state index in [0.29, 0.717) is 31.6 Å². The molecule has 1 saturated carbocycles. The summed E-state index contributed by atoms with van der Waals surface area (Å²) in [7, 11) is 1.38. The third kappa shape index (κ3) is 5.21. The fourth-order valence-corrected chi connectivity index (χ4v) is 5.53. The van der Waals surface area contributed by atoms with E-state index in [0.717, 1.165) is 28.7 Å². The van der Waals surface area contributed by atoms with Gasteiger partial charge in [-0.3, -0.25) is 9.59 Å². The molecule has 6 heteroatoms. The predicted octanol–water partition coefficient (Wildman–Crippen LogP) is 5.10. The molecule has 0 unspecified atom stereocenters. The molecule has 3 aromatic carbocycles. The molecule has 0 aromatic heterocycles. The van der Waals surface area contributed by atoms with E-state index < -0.39 is 0 Å². The lowest BCUT2D eigenvalue weighted by Gasteiger charge is -2.33. The van der Waals surface area contributed by atoms with Crippen LogP contribution in [0.25, 0.3) is 11.1 Å². The van der Waals surface area contributed by atoms with Gasteiger partial charge in [-0.05, 0) is 64.3 Å². The van der Waals surface area contributed by atoms with Crippen LogP contribution in [0.5, 0.6) is 0 Å². The number of hydrogen-bond acceptors (Lipinski definition) is 4. The molecule has 0 saturated heterocycles. The van der Waals surface area contributed by atoms with E-state index >= 15 is 0 Å². The zero-order valence-corrected chi connectivity index (χ0v) is 22.2. The molecule has 1 aliphatic heterocycles.